The van der Waals surface area contributed by atoms with Crippen LogP contribution in [0.4, 0.5) is 0 Å². The third-order valence-corrected chi connectivity index (χ3v) is 5.74. The normalized spacial score (nSPS) is 11.2. The van der Waals surface area contributed by atoms with E-state index in [1.807, 2.05) is 43.4 Å². The molecule has 0 saturated heterocycles. The van der Waals surface area contributed by atoms with Crippen molar-refractivity contribution < 1.29 is 4.79 Å². The summed E-state index contributed by atoms with van der Waals surface area (Å²) in [6.45, 7) is 4.55. The van der Waals surface area contributed by atoms with Crippen LogP contribution < -0.4 is 0 Å². The molecule has 0 aliphatic carbocycles. The standard InChI is InChI=1S/C27H24N4O/c1-18-8-11-21(12-9-18)26-24(31-16-19(2)10-15-25(31)29-26)17-30(3)27(32)23-14-13-20-6-4-5-7-22(20)28-23/h4-16H,17H2,1-3H3. The van der Waals surface area contributed by atoms with E-state index >= 15 is 0 Å². The number of pyridine rings is 2. The second-order valence-electron chi connectivity index (χ2n) is 8.26. The minimum absolute atomic E-state index is 0.117. The first kappa shape index (κ1) is 19.9. The van der Waals surface area contributed by atoms with Crippen molar-refractivity contribution in [1.82, 2.24) is 19.3 Å². The van der Waals surface area contributed by atoms with Crippen molar-refractivity contribution in [2.45, 2.75) is 20.4 Å². The zero-order chi connectivity index (χ0) is 22.2. The van der Waals surface area contributed by atoms with E-state index in [1.54, 1.807) is 11.0 Å². The Bertz CT molecular complexity index is 1450. The molecule has 0 spiro atoms. The highest BCUT2D eigenvalue weighted by atomic mass is 16.2. The highest BCUT2D eigenvalue weighted by Gasteiger charge is 2.20. The molecule has 0 aliphatic heterocycles. The van der Waals surface area contributed by atoms with Crippen molar-refractivity contribution in [3.05, 3.63) is 102 Å². The number of aromatic nitrogens is 3. The molecule has 0 unspecified atom stereocenters. The monoisotopic (exact) mass is 420 g/mol. The van der Waals surface area contributed by atoms with Crippen molar-refractivity contribution in [3.8, 4) is 11.3 Å². The Labute approximate surface area is 187 Å². The van der Waals surface area contributed by atoms with E-state index in [4.69, 9.17) is 4.98 Å². The second kappa shape index (κ2) is 7.93. The van der Waals surface area contributed by atoms with E-state index in [-0.39, 0.29) is 5.91 Å². The largest absolute Gasteiger partial charge is 0.334 e. The molecular formula is C27H24N4O. The lowest BCUT2D eigenvalue weighted by atomic mass is 10.1. The Morgan fingerprint density at radius 3 is 2.44 bits per heavy atom. The molecule has 3 heterocycles. The van der Waals surface area contributed by atoms with E-state index in [1.165, 1.54) is 5.56 Å². The molecule has 0 N–H and O–H groups in total. The van der Waals surface area contributed by atoms with E-state index in [2.05, 4.69) is 59.8 Å². The molecule has 0 atom stereocenters. The predicted molar refractivity (Wildman–Crippen MR) is 128 cm³/mol. The van der Waals surface area contributed by atoms with Crippen LogP contribution in [0.3, 0.4) is 0 Å². The molecule has 5 nitrogen and oxygen atoms in total. The van der Waals surface area contributed by atoms with Crippen molar-refractivity contribution in [2.24, 2.45) is 0 Å². The fourth-order valence-electron chi connectivity index (χ4n) is 3.97. The average Bonchev–Trinajstić information content (AvgIpc) is 3.16. The topological polar surface area (TPSA) is 50.5 Å². The van der Waals surface area contributed by atoms with Gasteiger partial charge in [0.25, 0.3) is 5.91 Å². The fourth-order valence-corrected chi connectivity index (χ4v) is 3.97. The minimum Gasteiger partial charge on any atom is -0.334 e. The number of benzene rings is 2. The summed E-state index contributed by atoms with van der Waals surface area (Å²) in [5.74, 6) is -0.117. The van der Waals surface area contributed by atoms with Gasteiger partial charge in [-0.3, -0.25) is 4.79 Å². The van der Waals surface area contributed by atoms with Gasteiger partial charge in [-0.1, -0.05) is 60.2 Å². The number of para-hydroxylation sites is 1. The summed E-state index contributed by atoms with van der Waals surface area (Å²) in [7, 11) is 1.81. The van der Waals surface area contributed by atoms with Crippen LogP contribution >= 0.6 is 0 Å². The van der Waals surface area contributed by atoms with Crippen LogP contribution in [-0.4, -0.2) is 32.2 Å². The molecule has 5 aromatic rings. The Hall–Kier alpha value is -3.99. The zero-order valence-corrected chi connectivity index (χ0v) is 18.4. The molecule has 0 aliphatic rings. The maximum absolute atomic E-state index is 13.2. The van der Waals surface area contributed by atoms with Crippen molar-refractivity contribution in [1.29, 1.82) is 0 Å². The third-order valence-electron chi connectivity index (χ3n) is 5.74. The smallest absolute Gasteiger partial charge is 0.272 e. The van der Waals surface area contributed by atoms with Gasteiger partial charge in [-0.05, 0) is 37.6 Å². The van der Waals surface area contributed by atoms with Gasteiger partial charge < -0.3 is 9.30 Å². The van der Waals surface area contributed by atoms with Gasteiger partial charge in [0.15, 0.2) is 0 Å². The number of carbonyl (C=O) groups is 1. The van der Waals surface area contributed by atoms with Crippen LogP contribution in [0.5, 0.6) is 0 Å². The van der Waals surface area contributed by atoms with E-state index in [9.17, 15) is 4.79 Å². The van der Waals surface area contributed by atoms with Crippen molar-refractivity contribution in [2.75, 3.05) is 7.05 Å². The number of nitrogens with zero attached hydrogens (tertiary/aromatic N) is 4. The van der Waals surface area contributed by atoms with Gasteiger partial charge >= 0.3 is 0 Å². The summed E-state index contributed by atoms with van der Waals surface area (Å²) in [6.07, 6.45) is 2.07. The van der Waals surface area contributed by atoms with E-state index < -0.39 is 0 Å². The average molecular weight is 421 g/mol. The SMILES string of the molecule is Cc1ccc(-c2nc3ccc(C)cn3c2CN(C)C(=O)c2ccc3ccccc3n2)cc1. The summed E-state index contributed by atoms with van der Waals surface area (Å²) in [5.41, 5.74) is 7.36. The number of carbonyl (C=O) groups excluding carboxylic acids is 1. The number of fused-ring (bicyclic) bond motifs is 2. The van der Waals surface area contributed by atoms with Gasteiger partial charge in [-0.15, -0.1) is 0 Å². The molecule has 2 aromatic carbocycles. The first-order valence-corrected chi connectivity index (χ1v) is 10.7. The molecule has 5 heteroatoms. The van der Waals surface area contributed by atoms with Gasteiger partial charge in [-0.25, -0.2) is 9.97 Å². The number of hydrogen-bond donors (Lipinski definition) is 0. The molecule has 0 fully saturated rings. The van der Waals surface area contributed by atoms with Crippen LogP contribution in [0.25, 0.3) is 27.8 Å². The van der Waals surface area contributed by atoms with Gasteiger partial charge in [0.1, 0.15) is 11.3 Å². The fraction of sp³-hybridized carbons (Fsp3) is 0.148. The lowest BCUT2D eigenvalue weighted by Gasteiger charge is -2.18. The molecule has 0 radical (unpaired) electrons. The van der Waals surface area contributed by atoms with Gasteiger partial charge in [0.2, 0.25) is 0 Å². The summed E-state index contributed by atoms with van der Waals surface area (Å²) >= 11 is 0. The summed E-state index contributed by atoms with van der Waals surface area (Å²) in [5, 5.41) is 1.02. The minimum atomic E-state index is -0.117. The summed E-state index contributed by atoms with van der Waals surface area (Å²) in [6, 6.07) is 24.0. The molecule has 0 bridgehead atoms. The molecule has 3 aromatic heterocycles. The lowest BCUT2D eigenvalue weighted by Crippen LogP contribution is -2.27. The van der Waals surface area contributed by atoms with Gasteiger partial charge in [-0.2, -0.15) is 0 Å². The highest BCUT2D eigenvalue weighted by Crippen LogP contribution is 2.27. The van der Waals surface area contributed by atoms with Crippen LogP contribution in [0.15, 0.2) is 79.0 Å². The summed E-state index contributed by atoms with van der Waals surface area (Å²) < 4.78 is 2.09. The maximum atomic E-state index is 13.2. The molecule has 32 heavy (non-hydrogen) atoms. The molecule has 158 valence electrons. The van der Waals surface area contributed by atoms with Gasteiger partial charge in [0, 0.05) is 24.2 Å². The Morgan fingerprint density at radius 2 is 1.62 bits per heavy atom. The lowest BCUT2D eigenvalue weighted by molar-refractivity contribution is 0.0778. The van der Waals surface area contributed by atoms with E-state index in [0.29, 0.717) is 12.2 Å². The molecule has 1 amide bonds. The number of hydrogen-bond acceptors (Lipinski definition) is 3. The predicted octanol–water partition coefficient (Wildman–Crippen LogP) is 5.44. The molecule has 5 rings (SSSR count). The molecule has 0 saturated carbocycles. The first-order chi connectivity index (χ1) is 15.5. The van der Waals surface area contributed by atoms with Gasteiger partial charge in [0.05, 0.1) is 23.4 Å². The second-order valence-corrected chi connectivity index (χ2v) is 8.26. The Morgan fingerprint density at radius 1 is 0.875 bits per heavy atom. The van der Waals surface area contributed by atoms with Crippen LogP contribution in [0.2, 0.25) is 0 Å². The van der Waals surface area contributed by atoms with Crippen LogP contribution in [0.1, 0.15) is 27.3 Å². The number of rotatable bonds is 4. The highest BCUT2D eigenvalue weighted by molar-refractivity contribution is 5.94. The van der Waals surface area contributed by atoms with Crippen molar-refractivity contribution >= 4 is 22.5 Å². The Kier molecular flexibility index (Phi) is 4.94. The number of aryl methyl sites for hydroxylation is 2. The quantitative estimate of drug-likeness (QED) is 0.389. The number of amides is 1. The van der Waals surface area contributed by atoms with Crippen LogP contribution in [0, 0.1) is 13.8 Å². The first-order valence-electron chi connectivity index (χ1n) is 10.7. The van der Waals surface area contributed by atoms with Crippen LogP contribution in [-0.2, 0) is 6.54 Å². The number of imidazole rings is 1. The summed E-state index contributed by atoms with van der Waals surface area (Å²) in [4.78, 5) is 24.4. The third kappa shape index (κ3) is 3.62. The zero-order valence-electron chi connectivity index (χ0n) is 18.4. The van der Waals surface area contributed by atoms with Crippen molar-refractivity contribution in [3.63, 3.8) is 0 Å². The van der Waals surface area contributed by atoms with E-state index in [0.717, 1.165) is 39.1 Å². The Balaban J connectivity index is 1.54. The maximum Gasteiger partial charge on any atom is 0.272 e. The molecular weight excluding hydrogens is 396 g/mol.